The molecule has 0 amide bonds. The van der Waals surface area contributed by atoms with E-state index in [0.717, 1.165) is 47.5 Å². The Labute approximate surface area is 214 Å². The zero-order chi connectivity index (χ0) is 27.3. The van der Waals surface area contributed by atoms with E-state index in [1.807, 2.05) is 47.4 Å². The Hall–Kier alpha value is -4.91. The van der Waals surface area contributed by atoms with Gasteiger partial charge in [-0.05, 0) is 24.6 Å². The highest BCUT2D eigenvalue weighted by Gasteiger charge is 2.38. The number of aliphatic carboxylic acids is 1. The number of carbonyl (C=O) groups is 1. The summed E-state index contributed by atoms with van der Waals surface area (Å²) < 4.78 is 33.6. The monoisotopic (exact) mass is 522 g/mol. The zero-order valence-electron chi connectivity index (χ0n) is 19.8. The summed E-state index contributed by atoms with van der Waals surface area (Å²) in [6.07, 6.45) is 3.40. The molecule has 194 valence electrons. The van der Waals surface area contributed by atoms with Gasteiger partial charge >= 0.3 is 12.1 Å². The molecule has 4 aromatic rings. The summed E-state index contributed by atoms with van der Waals surface area (Å²) in [7, 11) is 0. The Morgan fingerprint density at radius 2 is 2.00 bits per heavy atom. The summed E-state index contributed by atoms with van der Waals surface area (Å²) in [5.41, 5.74) is 4.15. The highest BCUT2D eigenvalue weighted by Crippen LogP contribution is 2.35. The smallest absolute Gasteiger partial charge is 0.475 e. The fourth-order valence-corrected chi connectivity index (χ4v) is 4.48. The molecule has 0 aliphatic carbocycles. The molecule has 2 unspecified atom stereocenters. The predicted octanol–water partition coefficient (Wildman–Crippen LogP) is 4.31. The number of hydrogen-bond donors (Lipinski definition) is 2. The second-order valence-electron chi connectivity index (χ2n) is 8.53. The third-order valence-corrected chi connectivity index (χ3v) is 6.25. The van der Waals surface area contributed by atoms with Crippen molar-refractivity contribution in [1.82, 2.24) is 24.7 Å². The van der Waals surface area contributed by atoms with Gasteiger partial charge in [-0.3, -0.25) is 4.68 Å². The van der Waals surface area contributed by atoms with Gasteiger partial charge in [-0.1, -0.05) is 12.1 Å². The number of nitriles is 2. The third-order valence-electron chi connectivity index (χ3n) is 6.25. The van der Waals surface area contributed by atoms with E-state index in [2.05, 4.69) is 37.1 Å². The highest BCUT2D eigenvalue weighted by molar-refractivity contribution is 5.90. The van der Waals surface area contributed by atoms with Crippen molar-refractivity contribution in [3.8, 4) is 23.4 Å². The van der Waals surface area contributed by atoms with E-state index < -0.39 is 12.1 Å². The molecular formula is C25H21F3N8O2. The van der Waals surface area contributed by atoms with Crippen LogP contribution in [0, 0.1) is 28.6 Å². The first-order valence-corrected chi connectivity index (χ1v) is 11.5. The number of nitrogens with one attached hydrogen (secondary N) is 1. The maximum Gasteiger partial charge on any atom is 0.490 e. The van der Waals surface area contributed by atoms with Gasteiger partial charge in [-0.15, -0.1) is 0 Å². The van der Waals surface area contributed by atoms with E-state index in [4.69, 9.17) is 9.90 Å². The lowest BCUT2D eigenvalue weighted by Crippen LogP contribution is -2.25. The Balaban J connectivity index is 0.000000426. The Kier molecular flexibility index (Phi) is 7.58. The molecule has 0 bridgehead atoms. The van der Waals surface area contributed by atoms with E-state index >= 15 is 0 Å². The number of aromatic amines is 1. The predicted molar refractivity (Wildman–Crippen MR) is 130 cm³/mol. The average Bonchev–Trinajstić information content (AvgIpc) is 3.68. The summed E-state index contributed by atoms with van der Waals surface area (Å²) in [6.45, 7) is 1.64. The number of para-hydroxylation sites is 1. The molecule has 13 heteroatoms. The number of rotatable bonds is 5. The number of benzene rings is 1. The average molecular weight is 522 g/mol. The van der Waals surface area contributed by atoms with Crippen LogP contribution < -0.4 is 4.90 Å². The molecular weight excluding hydrogens is 501 g/mol. The normalized spacial score (nSPS) is 15.8. The summed E-state index contributed by atoms with van der Waals surface area (Å²) in [5.74, 6) is -2.50. The van der Waals surface area contributed by atoms with E-state index in [9.17, 15) is 23.7 Å². The van der Waals surface area contributed by atoms with Crippen molar-refractivity contribution in [3.63, 3.8) is 0 Å². The minimum absolute atomic E-state index is 0.0402. The van der Waals surface area contributed by atoms with Gasteiger partial charge in [0, 0.05) is 42.4 Å². The van der Waals surface area contributed by atoms with Crippen molar-refractivity contribution in [1.29, 1.82) is 10.5 Å². The van der Waals surface area contributed by atoms with Gasteiger partial charge in [0.1, 0.15) is 18.0 Å². The van der Waals surface area contributed by atoms with E-state index in [1.54, 1.807) is 12.5 Å². The molecule has 0 radical (unpaired) electrons. The Morgan fingerprint density at radius 1 is 1.24 bits per heavy atom. The second kappa shape index (κ2) is 11.0. The molecule has 0 saturated carbocycles. The number of fused-ring (bicyclic) bond motifs is 1. The first-order valence-electron chi connectivity index (χ1n) is 11.5. The number of hydrogen-bond acceptors (Lipinski definition) is 7. The van der Waals surface area contributed by atoms with Gasteiger partial charge in [0.15, 0.2) is 0 Å². The van der Waals surface area contributed by atoms with Crippen molar-refractivity contribution < 1.29 is 23.1 Å². The fraction of sp³-hybridized carbons (Fsp3) is 0.280. The second-order valence-corrected chi connectivity index (χ2v) is 8.53. The number of alkyl halides is 3. The molecule has 3 aromatic heterocycles. The van der Waals surface area contributed by atoms with Crippen LogP contribution in [0.3, 0.4) is 0 Å². The summed E-state index contributed by atoms with van der Waals surface area (Å²) in [5, 5.41) is 31.6. The van der Waals surface area contributed by atoms with Crippen molar-refractivity contribution in [2.75, 3.05) is 18.0 Å². The number of H-pyrrole nitrogens is 1. The van der Waals surface area contributed by atoms with Crippen molar-refractivity contribution in [3.05, 3.63) is 60.8 Å². The SMILES string of the molecule is N#CCC(C1CCN(c2ccccc2C#N)C1)n1cc(-c2ncnc3[nH]ccc23)cn1.O=C(O)C(F)(F)F. The van der Waals surface area contributed by atoms with E-state index in [1.165, 1.54) is 0 Å². The molecule has 38 heavy (non-hydrogen) atoms. The fourth-order valence-electron chi connectivity index (χ4n) is 4.48. The Bertz CT molecular complexity index is 1520. The summed E-state index contributed by atoms with van der Waals surface area (Å²) >= 11 is 0. The summed E-state index contributed by atoms with van der Waals surface area (Å²) in [4.78, 5) is 22.9. The molecule has 1 aliphatic rings. The van der Waals surface area contributed by atoms with Crippen LogP contribution in [-0.2, 0) is 4.79 Å². The lowest BCUT2D eigenvalue weighted by molar-refractivity contribution is -0.192. The third kappa shape index (κ3) is 5.57. The zero-order valence-corrected chi connectivity index (χ0v) is 19.8. The van der Waals surface area contributed by atoms with E-state index in [-0.39, 0.29) is 12.0 Å². The molecule has 1 fully saturated rings. The van der Waals surface area contributed by atoms with Gasteiger partial charge in [0.05, 0.1) is 41.7 Å². The quantitative estimate of drug-likeness (QED) is 0.394. The van der Waals surface area contributed by atoms with Crippen molar-refractivity contribution in [2.24, 2.45) is 5.92 Å². The Morgan fingerprint density at radius 3 is 2.71 bits per heavy atom. The molecule has 4 heterocycles. The van der Waals surface area contributed by atoms with Gasteiger partial charge in [0.2, 0.25) is 0 Å². The van der Waals surface area contributed by atoms with Crippen LogP contribution in [0.2, 0.25) is 0 Å². The molecule has 2 N–H and O–H groups in total. The van der Waals surface area contributed by atoms with Gasteiger partial charge in [-0.25, -0.2) is 14.8 Å². The number of carboxylic acids is 1. The molecule has 5 rings (SSSR count). The maximum atomic E-state index is 10.6. The van der Waals surface area contributed by atoms with Crippen molar-refractivity contribution in [2.45, 2.75) is 25.1 Å². The number of carboxylic acid groups (broad SMARTS) is 1. The molecule has 2 atom stereocenters. The van der Waals surface area contributed by atoms with Crippen LogP contribution in [0.15, 0.2) is 55.2 Å². The number of aromatic nitrogens is 5. The van der Waals surface area contributed by atoms with Crippen molar-refractivity contribution >= 4 is 22.7 Å². The lowest BCUT2D eigenvalue weighted by atomic mass is 9.96. The number of anilines is 1. The van der Waals surface area contributed by atoms with E-state index in [0.29, 0.717) is 12.0 Å². The molecule has 1 aliphatic heterocycles. The number of halogens is 3. The number of nitrogens with zero attached hydrogens (tertiary/aromatic N) is 7. The van der Waals surface area contributed by atoms with Crippen LogP contribution in [0.25, 0.3) is 22.3 Å². The maximum absolute atomic E-state index is 10.6. The van der Waals surface area contributed by atoms with Crippen LogP contribution in [0.4, 0.5) is 18.9 Å². The van der Waals surface area contributed by atoms with Crippen LogP contribution in [0.5, 0.6) is 0 Å². The minimum atomic E-state index is -5.08. The topological polar surface area (TPSA) is 148 Å². The van der Waals surface area contributed by atoms with Gasteiger partial charge < -0.3 is 15.0 Å². The summed E-state index contributed by atoms with van der Waals surface area (Å²) in [6, 6.07) is 14.2. The molecule has 0 spiro atoms. The molecule has 1 saturated heterocycles. The van der Waals surface area contributed by atoms with Gasteiger partial charge in [-0.2, -0.15) is 28.8 Å². The molecule has 10 nitrogen and oxygen atoms in total. The standard InChI is InChI=1S/C23H20N8.C2HF3O2/c24-8-5-21(17-7-10-30(13-17)20-4-2-1-3-16(20)11-25)31-14-18(12-29-31)22-19-6-9-26-23(19)28-15-27-22;3-2(4,5)1(6)7/h1-4,6,9,12,14-15,17,21H,5,7,10,13H2,(H,26,27,28);(H,6,7). The minimum Gasteiger partial charge on any atom is -0.475 e. The largest absolute Gasteiger partial charge is 0.490 e. The first-order chi connectivity index (χ1) is 18.2. The lowest BCUT2D eigenvalue weighted by Gasteiger charge is -2.24. The first kappa shape index (κ1) is 26.2. The highest BCUT2D eigenvalue weighted by atomic mass is 19.4. The van der Waals surface area contributed by atoms with Gasteiger partial charge in [0.25, 0.3) is 0 Å². The molecule has 1 aromatic carbocycles. The van der Waals surface area contributed by atoms with Crippen LogP contribution >= 0.6 is 0 Å². The van der Waals surface area contributed by atoms with Crippen LogP contribution in [-0.4, -0.2) is 55.1 Å². The van der Waals surface area contributed by atoms with Crippen LogP contribution in [0.1, 0.15) is 24.4 Å².